The van der Waals surface area contributed by atoms with Crippen LogP contribution in [0.3, 0.4) is 0 Å². The van der Waals surface area contributed by atoms with Crippen molar-refractivity contribution in [2.24, 2.45) is 0 Å². The standard InChI is InChI=1S/C16H17N3O3/c20-10-13(15-6-3-9-22-15)18-16(21)7-8-19-11-17-12-4-1-2-5-14(12)19/h1-6,9,11,13,20H,7-8,10H2,(H,18,21). The molecular weight excluding hydrogens is 282 g/mol. The number of rotatable bonds is 6. The van der Waals surface area contributed by atoms with Gasteiger partial charge in [-0.3, -0.25) is 4.79 Å². The van der Waals surface area contributed by atoms with Crippen molar-refractivity contribution in [2.45, 2.75) is 19.0 Å². The largest absolute Gasteiger partial charge is 0.467 e. The summed E-state index contributed by atoms with van der Waals surface area (Å²) < 4.78 is 7.15. The van der Waals surface area contributed by atoms with Gasteiger partial charge in [0, 0.05) is 13.0 Å². The molecule has 0 radical (unpaired) electrons. The van der Waals surface area contributed by atoms with Gasteiger partial charge >= 0.3 is 0 Å². The van der Waals surface area contributed by atoms with Crippen LogP contribution in [0.2, 0.25) is 0 Å². The predicted octanol–water partition coefficient (Wildman–Crippen LogP) is 1.87. The lowest BCUT2D eigenvalue weighted by Gasteiger charge is -2.14. The number of carbonyl (C=O) groups excluding carboxylic acids is 1. The predicted molar refractivity (Wildman–Crippen MR) is 81.0 cm³/mol. The van der Waals surface area contributed by atoms with Gasteiger partial charge in [-0.15, -0.1) is 0 Å². The molecule has 2 heterocycles. The van der Waals surface area contributed by atoms with Gasteiger partial charge in [0.25, 0.3) is 0 Å². The molecule has 2 aromatic heterocycles. The number of hydrogen-bond acceptors (Lipinski definition) is 4. The second-order valence-electron chi connectivity index (χ2n) is 4.99. The molecule has 0 spiro atoms. The molecule has 2 N–H and O–H groups in total. The molecule has 0 bridgehead atoms. The third-order valence-electron chi connectivity index (χ3n) is 3.51. The first-order chi connectivity index (χ1) is 10.8. The molecule has 1 aromatic carbocycles. The van der Waals surface area contributed by atoms with Crippen LogP contribution in [0.5, 0.6) is 0 Å². The molecule has 114 valence electrons. The number of furan rings is 1. The lowest BCUT2D eigenvalue weighted by Crippen LogP contribution is -2.31. The van der Waals surface area contributed by atoms with Gasteiger partial charge in [0.15, 0.2) is 0 Å². The van der Waals surface area contributed by atoms with E-state index >= 15 is 0 Å². The van der Waals surface area contributed by atoms with Crippen LogP contribution < -0.4 is 5.32 Å². The Balaban J connectivity index is 1.60. The van der Waals surface area contributed by atoms with E-state index in [1.165, 1.54) is 6.26 Å². The fourth-order valence-electron chi connectivity index (χ4n) is 2.37. The number of para-hydroxylation sites is 2. The lowest BCUT2D eigenvalue weighted by molar-refractivity contribution is -0.122. The fourth-order valence-corrected chi connectivity index (χ4v) is 2.37. The topological polar surface area (TPSA) is 80.3 Å². The monoisotopic (exact) mass is 299 g/mol. The molecule has 1 atom stereocenters. The number of nitrogens with zero attached hydrogens (tertiary/aromatic N) is 2. The molecule has 3 aromatic rings. The number of carbonyl (C=O) groups is 1. The van der Waals surface area contributed by atoms with Crippen molar-refractivity contribution >= 4 is 16.9 Å². The van der Waals surface area contributed by atoms with Gasteiger partial charge in [0.1, 0.15) is 11.8 Å². The van der Waals surface area contributed by atoms with Gasteiger partial charge in [-0.2, -0.15) is 0 Å². The van der Waals surface area contributed by atoms with E-state index in [-0.39, 0.29) is 12.5 Å². The van der Waals surface area contributed by atoms with E-state index in [4.69, 9.17) is 4.42 Å². The maximum absolute atomic E-state index is 12.0. The zero-order chi connectivity index (χ0) is 15.4. The molecule has 3 rings (SSSR count). The van der Waals surface area contributed by atoms with E-state index in [0.717, 1.165) is 11.0 Å². The quantitative estimate of drug-likeness (QED) is 0.728. The van der Waals surface area contributed by atoms with E-state index in [1.54, 1.807) is 18.5 Å². The number of hydrogen-bond donors (Lipinski definition) is 2. The number of aliphatic hydroxyl groups excluding tert-OH is 1. The molecule has 1 amide bonds. The van der Waals surface area contributed by atoms with Crippen LogP contribution in [0, 0.1) is 0 Å². The minimum absolute atomic E-state index is 0.145. The summed E-state index contributed by atoms with van der Waals surface area (Å²) in [5, 5.41) is 12.1. The summed E-state index contributed by atoms with van der Waals surface area (Å²) in [6.07, 6.45) is 3.55. The Morgan fingerprint density at radius 3 is 2.95 bits per heavy atom. The molecule has 0 aliphatic heterocycles. The first-order valence-electron chi connectivity index (χ1n) is 7.11. The maximum atomic E-state index is 12.0. The van der Waals surface area contributed by atoms with Crippen molar-refractivity contribution in [3.05, 3.63) is 54.7 Å². The van der Waals surface area contributed by atoms with E-state index in [0.29, 0.717) is 18.7 Å². The van der Waals surface area contributed by atoms with E-state index in [1.807, 2.05) is 28.8 Å². The first kappa shape index (κ1) is 14.3. The number of nitrogens with one attached hydrogen (secondary N) is 1. The van der Waals surface area contributed by atoms with Crippen molar-refractivity contribution in [2.75, 3.05) is 6.61 Å². The molecule has 6 heteroatoms. The first-order valence-corrected chi connectivity index (χ1v) is 7.11. The van der Waals surface area contributed by atoms with E-state index < -0.39 is 6.04 Å². The smallest absolute Gasteiger partial charge is 0.222 e. The van der Waals surface area contributed by atoms with Crippen molar-refractivity contribution in [1.29, 1.82) is 0 Å². The number of aliphatic hydroxyl groups is 1. The second kappa shape index (κ2) is 6.44. The maximum Gasteiger partial charge on any atom is 0.222 e. The molecule has 0 saturated heterocycles. The Kier molecular flexibility index (Phi) is 4.20. The molecule has 1 unspecified atom stereocenters. The highest BCUT2D eigenvalue weighted by Gasteiger charge is 2.16. The van der Waals surface area contributed by atoms with E-state index in [9.17, 15) is 9.90 Å². The average molecular weight is 299 g/mol. The number of amides is 1. The minimum Gasteiger partial charge on any atom is -0.467 e. The van der Waals surface area contributed by atoms with Gasteiger partial charge in [-0.25, -0.2) is 4.98 Å². The third-order valence-corrected chi connectivity index (χ3v) is 3.51. The minimum atomic E-state index is -0.512. The Morgan fingerprint density at radius 1 is 1.32 bits per heavy atom. The van der Waals surface area contributed by atoms with Gasteiger partial charge in [0.2, 0.25) is 5.91 Å². The van der Waals surface area contributed by atoms with Crippen molar-refractivity contribution in [3.63, 3.8) is 0 Å². The normalized spacial score (nSPS) is 12.4. The molecule has 0 fully saturated rings. The van der Waals surface area contributed by atoms with Crippen LogP contribution in [0.15, 0.2) is 53.4 Å². The van der Waals surface area contributed by atoms with Crippen LogP contribution in [0.4, 0.5) is 0 Å². The molecular formula is C16H17N3O3. The zero-order valence-corrected chi connectivity index (χ0v) is 12.0. The summed E-state index contributed by atoms with van der Waals surface area (Å²) in [6.45, 7) is 0.329. The SMILES string of the molecule is O=C(CCn1cnc2ccccc21)NC(CO)c1ccco1. The number of benzene rings is 1. The van der Waals surface area contributed by atoms with Crippen molar-refractivity contribution in [3.8, 4) is 0 Å². The third kappa shape index (κ3) is 3.01. The van der Waals surface area contributed by atoms with Gasteiger partial charge in [-0.05, 0) is 24.3 Å². The summed E-state index contributed by atoms with van der Waals surface area (Å²) in [5.41, 5.74) is 1.91. The van der Waals surface area contributed by atoms with Crippen molar-refractivity contribution < 1.29 is 14.3 Å². The van der Waals surface area contributed by atoms with Crippen molar-refractivity contribution in [1.82, 2.24) is 14.9 Å². The van der Waals surface area contributed by atoms with Gasteiger partial charge in [0.05, 0.1) is 30.2 Å². The summed E-state index contributed by atoms with van der Waals surface area (Å²) in [5.74, 6) is 0.400. The Morgan fingerprint density at radius 2 is 2.18 bits per heavy atom. The van der Waals surface area contributed by atoms with Crippen LogP contribution in [0.1, 0.15) is 18.2 Å². The Bertz CT molecular complexity index is 749. The zero-order valence-electron chi connectivity index (χ0n) is 12.0. The number of imidazole rings is 1. The lowest BCUT2D eigenvalue weighted by atomic mass is 10.2. The number of fused-ring (bicyclic) bond motifs is 1. The van der Waals surface area contributed by atoms with Crippen LogP contribution in [-0.4, -0.2) is 27.2 Å². The van der Waals surface area contributed by atoms with Gasteiger partial charge in [-0.1, -0.05) is 12.1 Å². The number of aryl methyl sites for hydroxylation is 1. The molecule has 0 saturated carbocycles. The molecule has 22 heavy (non-hydrogen) atoms. The highest BCUT2D eigenvalue weighted by molar-refractivity contribution is 5.77. The summed E-state index contributed by atoms with van der Waals surface area (Å²) in [7, 11) is 0. The molecule has 6 nitrogen and oxygen atoms in total. The van der Waals surface area contributed by atoms with Crippen LogP contribution >= 0.6 is 0 Å². The molecule has 0 aliphatic rings. The number of aromatic nitrogens is 2. The van der Waals surface area contributed by atoms with Crippen LogP contribution in [0.25, 0.3) is 11.0 Å². The summed E-state index contributed by atoms with van der Waals surface area (Å²) in [6, 6.07) is 10.7. The average Bonchev–Trinajstić information content (AvgIpc) is 3.20. The second-order valence-corrected chi connectivity index (χ2v) is 4.99. The van der Waals surface area contributed by atoms with E-state index in [2.05, 4.69) is 10.3 Å². The summed E-state index contributed by atoms with van der Waals surface area (Å²) in [4.78, 5) is 16.3. The highest BCUT2D eigenvalue weighted by atomic mass is 16.3. The van der Waals surface area contributed by atoms with Crippen LogP contribution in [-0.2, 0) is 11.3 Å². The Hall–Kier alpha value is -2.60. The molecule has 0 aliphatic carbocycles. The summed E-state index contributed by atoms with van der Waals surface area (Å²) >= 11 is 0. The highest BCUT2D eigenvalue weighted by Crippen LogP contribution is 2.14. The fraction of sp³-hybridized carbons (Fsp3) is 0.250. The van der Waals surface area contributed by atoms with Gasteiger partial charge < -0.3 is 19.4 Å². The Labute approximate surface area is 127 Å².